The second-order valence-electron chi connectivity index (χ2n) is 8.57. The van der Waals surface area contributed by atoms with E-state index in [2.05, 4.69) is 10.1 Å². The van der Waals surface area contributed by atoms with E-state index in [4.69, 9.17) is 4.74 Å². The molecule has 1 unspecified atom stereocenters. The number of hydrogen-bond donors (Lipinski definition) is 2. The first kappa shape index (κ1) is 20.5. The number of aromatic nitrogens is 3. The normalized spacial score (nSPS) is 25.4. The Morgan fingerprint density at radius 2 is 1.87 bits per heavy atom. The van der Waals surface area contributed by atoms with Gasteiger partial charge in [0.2, 0.25) is 0 Å². The van der Waals surface area contributed by atoms with Gasteiger partial charge in [-0.15, -0.1) is 0 Å². The van der Waals surface area contributed by atoms with Gasteiger partial charge >= 0.3 is 6.09 Å². The Morgan fingerprint density at radius 1 is 1.19 bits per heavy atom. The van der Waals surface area contributed by atoms with Crippen molar-refractivity contribution < 1.29 is 27.4 Å². The van der Waals surface area contributed by atoms with Gasteiger partial charge in [-0.25, -0.2) is 23.2 Å². The van der Waals surface area contributed by atoms with Crippen molar-refractivity contribution in [2.45, 2.75) is 25.5 Å². The molecule has 3 saturated heterocycles. The zero-order valence-electron chi connectivity index (χ0n) is 16.7. The first-order valence-electron chi connectivity index (χ1n) is 10.0. The highest BCUT2D eigenvalue weighted by molar-refractivity contribution is 8.25. The van der Waals surface area contributed by atoms with Crippen LogP contribution in [0.5, 0.6) is 0 Å². The molecule has 0 saturated carbocycles. The fourth-order valence-electron chi connectivity index (χ4n) is 4.80. The summed E-state index contributed by atoms with van der Waals surface area (Å²) in [6, 6.07) is 2.31. The summed E-state index contributed by atoms with van der Waals surface area (Å²) in [6.07, 6.45) is 3.02. The summed E-state index contributed by atoms with van der Waals surface area (Å²) >= 11 is 0. The lowest BCUT2D eigenvalue weighted by Crippen LogP contribution is -2.52. The number of nitrogens with zero attached hydrogens (tertiary/aromatic N) is 5. The molecule has 1 spiro atoms. The van der Waals surface area contributed by atoms with E-state index in [1.165, 1.54) is 22.2 Å². The van der Waals surface area contributed by atoms with Crippen LogP contribution >= 0.6 is 10.6 Å². The molecule has 2 N–H and O–H groups in total. The molecule has 12 heteroatoms. The molecule has 0 aliphatic carbocycles. The van der Waals surface area contributed by atoms with Crippen molar-refractivity contribution in [2.75, 3.05) is 40.9 Å². The third kappa shape index (κ3) is 3.83. The van der Waals surface area contributed by atoms with Crippen molar-refractivity contribution in [3.8, 4) is 0 Å². The minimum absolute atomic E-state index is 0.103. The SMILES string of the molecule is O=C1OC(Cn2cncn2)CN1c1cc(F)c(N2CCC3(CC2)CS(O)(O)C3)c(F)c1. The zero-order chi connectivity index (χ0) is 21.8. The number of carbonyl (C=O) groups is 1. The van der Waals surface area contributed by atoms with E-state index >= 15 is 0 Å². The predicted molar refractivity (Wildman–Crippen MR) is 110 cm³/mol. The standard InChI is InChI=1S/C19H23F2N5O4S/c20-15-5-13(26-8-14(30-18(26)27)7-25-12-22-11-23-25)6-16(21)17(15)24-3-1-19(2-4-24)9-31(28,29)10-19/h5-6,11-12,14,28-29H,1-4,7-10H2. The number of rotatable bonds is 4. The minimum atomic E-state index is -2.45. The van der Waals surface area contributed by atoms with Crippen LogP contribution in [0.1, 0.15) is 12.8 Å². The highest BCUT2D eigenvalue weighted by atomic mass is 32.3. The fourth-order valence-corrected chi connectivity index (χ4v) is 7.26. The summed E-state index contributed by atoms with van der Waals surface area (Å²) in [4.78, 5) is 18.9. The largest absolute Gasteiger partial charge is 0.442 e. The van der Waals surface area contributed by atoms with Crippen molar-refractivity contribution in [3.05, 3.63) is 36.4 Å². The van der Waals surface area contributed by atoms with E-state index in [1.807, 2.05) is 0 Å². The number of halogens is 2. The van der Waals surface area contributed by atoms with Crippen LogP contribution in [-0.4, -0.2) is 67.2 Å². The van der Waals surface area contributed by atoms with Crippen LogP contribution in [0.15, 0.2) is 24.8 Å². The topological polar surface area (TPSA) is 104 Å². The molecule has 4 heterocycles. The number of hydrogen-bond acceptors (Lipinski definition) is 7. The molecule has 1 atom stereocenters. The summed E-state index contributed by atoms with van der Waals surface area (Å²) in [5, 5.41) is 3.97. The summed E-state index contributed by atoms with van der Waals surface area (Å²) in [6.45, 7) is 1.32. The van der Waals surface area contributed by atoms with Crippen LogP contribution < -0.4 is 9.80 Å². The summed E-state index contributed by atoms with van der Waals surface area (Å²) in [5.74, 6) is -0.720. The van der Waals surface area contributed by atoms with Gasteiger partial charge in [-0.1, -0.05) is 0 Å². The summed E-state index contributed by atoms with van der Waals surface area (Å²) in [7, 11) is -2.45. The molecule has 0 bridgehead atoms. The molecule has 1 amide bonds. The molecular formula is C19H23F2N5O4S. The molecule has 1 aromatic heterocycles. The maximum atomic E-state index is 14.9. The third-order valence-electron chi connectivity index (χ3n) is 6.26. The van der Waals surface area contributed by atoms with Crippen LogP contribution in [-0.2, 0) is 11.3 Å². The Bertz CT molecular complexity index is 964. The second kappa shape index (κ2) is 7.31. The van der Waals surface area contributed by atoms with E-state index in [0.717, 1.165) is 12.1 Å². The molecule has 3 fully saturated rings. The van der Waals surface area contributed by atoms with Crippen molar-refractivity contribution in [2.24, 2.45) is 5.41 Å². The number of cyclic esters (lactones) is 1. The van der Waals surface area contributed by atoms with Gasteiger partial charge in [0.25, 0.3) is 0 Å². The number of amides is 1. The molecule has 1 aromatic carbocycles. The third-order valence-corrected chi connectivity index (χ3v) is 8.41. The van der Waals surface area contributed by atoms with Crippen molar-refractivity contribution >= 4 is 28.1 Å². The van der Waals surface area contributed by atoms with Crippen molar-refractivity contribution in [1.29, 1.82) is 0 Å². The molecule has 3 aliphatic heterocycles. The van der Waals surface area contributed by atoms with Crippen LogP contribution in [0.3, 0.4) is 0 Å². The summed E-state index contributed by atoms with van der Waals surface area (Å²) < 4.78 is 56.1. The first-order chi connectivity index (χ1) is 14.7. The van der Waals surface area contributed by atoms with Gasteiger partial charge < -0.3 is 9.64 Å². The van der Waals surface area contributed by atoms with Gasteiger partial charge in [0, 0.05) is 42.1 Å². The van der Waals surface area contributed by atoms with Gasteiger partial charge in [0.1, 0.15) is 24.4 Å². The minimum Gasteiger partial charge on any atom is -0.442 e. The molecule has 3 aliphatic rings. The predicted octanol–water partition coefficient (Wildman–Crippen LogP) is 2.93. The van der Waals surface area contributed by atoms with Crippen LogP contribution in [0.4, 0.5) is 25.0 Å². The Morgan fingerprint density at radius 3 is 2.45 bits per heavy atom. The smallest absolute Gasteiger partial charge is 0.414 e. The Hall–Kier alpha value is -2.44. The average molecular weight is 455 g/mol. The second-order valence-corrected chi connectivity index (χ2v) is 10.8. The van der Waals surface area contributed by atoms with Gasteiger partial charge in [-0.3, -0.25) is 14.0 Å². The molecule has 5 rings (SSSR count). The van der Waals surface area contributed by atoms with E-state index < -0.39 is 34.4 Å². The van der Waals surface area contributed by atoms with Crippen LogP contribution in [0, 0.1) is 17.0 Å². The van der Waals surface area contributed by atoms with Crippen molar-refractivity contribution in [3.63, 3.8) is 0 Å². The van der Waals surface area contributed by atoms with Gasteiger partial charge in [0.15, 0.2) is 11.6 Å². The highest BCUT2D eigenvalue weighted by Gasteiger charge is 2.49. The molecule has 0 radical (unpaired) electrons. The van der Waals surface area contributed by atoms with Crippen molar-refractivity contribution in [1.82, 2.24) is 14.8 Å². The fraction of sp³-hybridized carbons (Fsp3) is 0.526. The number of ether oxygens (including phenoxy) is 1. The zero-order valence-corrected chi connectivity index (χ0v) is 17.5. The van der Waals surface area contributed by atoms with Crippen LogP contribution in [0.25, 0.3) is 0 Å². The molecule has 168 valence electrons. The van der Waals surface area contributed by atoms with E-state index in [0.29, 0.717) is 44.0 Å². The monoisotopic (exact) mass is 455 g/mol. The quantitative estimate of drug-likeness (QED) is 0.731. The van der Waals surface area contributed by atoms with Gasteiger partial charge in [-0.05, 0) is 12.8 Å². The molecular weight excluding hydrogens is 432 g/mol. The van der Waals surface area contributed by atoms with E-state index in [9.17, 15) is 22.7 Å². The van der Waals surface area contributed by atoms with Crippen LogP contribution in [0.2, 0.25) is 0 Å². The van der Waals surface area contributed by atoms with Gasteiger partial charge in [0.05, 0.1) is 18.8 Å². The lowest BCUT2D eigenvalue weighted by atomic mass is 9.81. The lowest BCUT2D eigenvalue weighted by Gasteiger charge is -2.58. The Balaban J connectivity index is 1.28. The Labute approximate surface area is 179 Å². The average Bonchev–Trinajstić information content (AvgIpc) is 3.31. The number of anilines is 2. The maximum absolute atomic E-state index is 14.9. The number of benzene rings is 1. The number of carbonyl (C=O) groups excluding carboxylic acids is 1. The maximum Gasteiger partial charge on any atom is 0.414 e. The number of piperidine rings is 1. The lowest BCUT2D eigenvalue weighted by molar-refractivity contribution is 0.129. The van der Waals surface area contributed by atoms with Gasteiger partial charge in [-0.2, -0.15) is 15.7 Å². The molecule has 31 heavy (non-hydrogen) atoms. The van der Waals surface area contributed by atoms with E-state index in [1.54, 1.807) is 4.90 Å². The molecule has 2 aromatic rings. The highest BCUT2D eigenvalue weighted by Crippen LogP contribution is 2.62. The van der Waals surface area contributed by atoms with E-state index in [-0.39, 0.29) is 23.3 Å². The summed E-state index contributed by atoms with van der Waals surface area (Å²) in [5.41, 5.74) is -0.136. The first-order valence-corrected chi connectivity index (χ1v) is 11.9. The Kier molecular flexibility index (Phi) is 4.83. The molecule has 9 nitrogen and oxygen atoms in total.